The van der Waals surface area contributed by atoms with Crippen LogP contribution in [-0.2, 0) is 4.79 Å². The zero-order valence-electron chi connectivity index (χ0n) is 15.1. The minimum Gasteiger partial charge on any atom is -0.494 e. The third-order valence-corrected chi connectivity index (χ3v) is 4.55. The lowest BCUT2D eigenvalue weighted by Crippen LogP contribution is -2.37. The van der Waals surface area contributed by atoms with E-state index < -0.39 is 18.3 Å². The Morgan fingerprint density at radius 1 is 1.43 bits per heavy atom. The van der Waals surface area contributed by atoms with Gasteiger partial charge in [-0.25, -0.2) is 4.39 Å². The first kappa shape index (κ1) is 19.9. The third-order valence-electron chi connectivity index (χ3n) is 4.26. The predicted octanol–water partition coefficient (Wildman–Crippen LogP) is 3.06. The van der Waals surface area contributed by atoms with E-state index in [0.29, 0.717) is 23.8 Å². The SMILES string of the molecule is C=C(CO)C(=O)Nc1cc2c(cc1OC)NCNC2Nc1ccc(F)c(Cl)c1. The number of halogens is 2. The molecular weight excluding hydrogens is 387 g/mol. The van der Waals surface area contributed by atoms with Crippen molar-refractivity contribution in [2.24, 2.45) is 0 Å². The number of rotatable bonds is 6. The summed E-state index contributed by atoms with van der Waals surface area (Å²) in [5.74, 6) is -0.548. The van der Waals surface area contributed by atoms with Crippen molar-refractivity contribution >= 4 is 34.6 Å². The van der Waals surface area contributed by atoms with Gasteiger partial charge in [0.25, 0.3) is 5.91 Å². The van der Waals surface area contributed by atoms with E-state index in [2.05, 4.69) is 27.8 Å². The number of ether oxygens (including phenoxy) is 1. The first-order valence-electron chi connectivity index (χ1n) is 8.43. The number of benzene rings is 2. The smallest absolute Gasteiger partial charge is 0.253 e. The van der Waals surface area contributed by atoms with Crippen LogP contribution in [0.3, 0.4) is 0 Å². The van der Waals surface area contributed by atoms with Gasteiger partial charge in [0, 0.05) is 28.6 Å². The summed E-state index contributed by atoms with van der Waals surface area (Å²) in [5.41, 5.74) is 2.70. The van der Waals surface area contributed by atoms with Gasteiger partial charge < -0.3 is 25.8 Å². The van der Waals surface area contributed by atoms with Crippen LogP contribution >= 0.6 is 11.6 Å². The minimum absolute atomic E-state index is 0.0179. The number of hydrogen-bond acceptors (Lipinski definition) is 6. The molecule has 0 spiro atoms. The summed E-state index contributed by atoms with van der Waals surface area (Å²) in [6.07, 6.45) is -0.333. The molecule has 2 aromatic rings. The quantitative estimate of drug-likeness (QED) is 0.473. The molecule has 3 rings (SSSR count). The molecule has 1 unspecified atom stereocenters. The van der Waals surface area contributed by atoms with Crippen LogP contribution in [0.5, 0.6) is 5.75 Å². The second-order valence-corrected chi connectivity index (χ2v) is 6.53. The fourth-order valence-corrected chi connectivity index (χ4v) is 2.96. The molecule has 0 aromatic heterocycles. The van der Waals surface area contributed by atoms with Gasteiger partial charge in [-0.1, -0.05) is 18.2 Å². The molecule has 1 heterocycles. The molecule has 1 aliphatic heterocycles. The molecule has 0 saturated carbocycles. The van der Waals surface area contributed by atoms with E-state index in [-0.39, 0.29) is 16.8 Å². The average Bonchev–Trinajstić information content (AvgIpc) is 2.70. The van der Waals surface area contributed by atoms with E-state index in [1.807, 2.05) is 0 Å². The van der Waals surface area contributed by atoms with Crippen LogP contribution in [0.1, 0.15) is 11.7 Å². The summed E-state index contributed by atoms with van der Waals surface area (Å²) in [6.45, 7) is 3.55. The van der Waals surface area contributed by atoms with E-state index >= 15 is 0 Å². The molecule has 1 atom stereocenters. The first-order chi connectivity index (χ1) is 13.4. The van der Waals surface area contributed by atoms with Gasteiger partial charge in [0.1, 0.15) is 17.7 Å². The molecule has 148 valence electrons. The fourth-order valence-electron chi connectivity index (χ4n) is 2.78. The molecule has 1 aliphatic rings. The van der Waals surface area contributed by atoms with Crippen LogP contribution < -0.4 is 26.0 Å². The second kappa shape index (κ2) is 8.47. The maximum atomic E-state index is 13.4. The Balaban J connectivity index is 1.92. The van der Waals surface area contributed by atoms with Gasteiger partial charge in [0.15, 0.2) is 0 Å². The Labute approximate surface area is 166 Å². The van der Waals surface area contributed by atoms with Crippen molar-refractivity contribution in [2.75, 3.05) is 36.3 Å². The highest BCUT2D eigenvalue weighted by Crippen LogP contribution is 2.37. The van der Waals surface area contributed by atoms with Crippen LogP contribution in [0, 0.1) is 5.82 Å². The number of carbonyl (C=O) groups is 1. The topological polar surface area (TPSA) is 94.7 Å². The number of methoxy groups -OCH3 is 1. The predicted molar refractivity (Wildman–Crippen MR) is 107 cm³/mol. The third kappa shape index (κ3) is 4.19. The van der Waals surface area contributed by atoms with Crippen molar-refractivity contribution in [3.63, 3.8) is 0 Å². The van der Waals surface area contributed by atoms with Crippen molar-refractivity contribution in [3.05, 3.63) is 58.9 Å². The maximum absolute atomic E-state index is 13.4. The highest BCUT2D eigenvalue weighted by atomic mass is 35.5. The Morgan fingerprint density at radius 2 is 2.21 bits per heavy atom. The summed E-state index contributed by atoms with van der Waals surface area (Å²) in [5, 5.41) is 21.5. The number of fused-ring (bicyclic) bond motifs is 1. The summed E-state index contributed by atoms with van der Waals surface area (Å²) >= 11 is 5.86. The van der Waals surface area contributed by atoms with Gasteiger partial charge in [0.2, 0.25) is 0 Å². The van der Waals surface area contributed by atoms with Crippen molar-refractivity contribution in [1.29, 1.82) is 0 Å². The lowest BCUT2D eigenvalue weighted by atomic mass is 10.1. The van der Waals surface area contributed by atoms with Crippen LogP contribution in [0.4, 0.5) is 21.5 Å². The van der Waals surface area contributed by atoms with Crippen molar-refractivity contribution in [3.8, 4) is 5.75 Å². The molecule has 0 saturated heterocycles. The number of nitrogens with one attached hydrogen (secondary N) is 4. The molecule has 2 aromatic carbocycles. The molecule has 28 heavy (non-hydrogen) atoms. The fraction of sp³-hybridized carbons (Fsp3) is 0.211. The molecule has 9 heteroatoms. The van der Waals surface area contributed by atoms with Crippen molar-refractivity contribution < 1.29 is 19.0 Å². The maximum Gasteiger partial charge on any atom is 0.253 e. The van der Waals surface area contributed by atoms with Gasteiger partial charge in [-0.15, -0.1) is 0 Å². The van der Waals surface area contributed by atoms with E-state index in [0.717, 1.165) is 11.3 Å². The summed E-state index contributed by atoms with van der Waals surface area (Å²) in [6, 6.07) is 7.88. The van der Waals surface area contributed by atoms with E-state index in [1.165, 1.54) is 19.2 Å². The zero-order valence-corrected chi connectivity index (χ0v) is 15.9. The molecule has 0 bridgehead atoms. The molecule has 0 radical (unpaired) electrons. The average molecular weight is 407 g/mol. The Kier molecular flexibility index (Phi) is 6.03. The second-order valence-electron chi connectivity index (χ2n) is 6.12. The highest BCUT2D eigenvalue weighted by molar-refractivity contribution is 6.31. The summed E-state index contributed by atoms with van der Waals surface area (Å²) in [4.78, 5) is 12.1. The molecule has 1 amide bonds. The zero-order chi connectivity index (χ0) is 20.3. The first-order valence-corrected chi connectivity index (χ1v) is 8.81. The molecule has 0 aliphatic carbocycles. The van der Waals surface area contributed by atoms with E-state index in [1.54, 1.807) is 18.2 Å². The van der Waals surface area contributed by atoms with Gasteiger partial charge in [-0.2, -0.15) is 0 Å². The molecule has 0 fully saturated rings. The van der Waals surface area contributed by atoms with Crippen LogP contribution in [0.15, 0.2) is 42.5 Å². The molecular formula is C19H20ClFN4O3. The molecule has 5 N–H and O–H groups in total. The van der Waals surface area contributed by atoms with Crippen molar-refractivity contribution in [2.45, 2.75) is 6.17 Å². The van der Waals surface area contributed by atoms with Gasteiger partial charge in [0.05, 0.1) is 31.1 Å². The standard InChI is InChI=1S/C19H20ClFN4O3/c1-10(8-26)19(27)25-16-6-12-15(7-17(16)28-2)22-9-23-18(12)24-11-3-4-14(21)13(20)5-11/h3-7,18,22-24,26H,1,8-9H2,2H3,(H,25,27). The highest BCUT2D eigenvalue weighted by Gasteiger charge is 2.23. The number of amides is 1. The van der Waals surface area contributed by atoms with Crippen LogP contribution in [0.2, 0.25) is 5.02 Å². The number of anilines is 3. The van der Waals surface area contributed by atoms with Gasteiger partial charge in [-0.05, 0) is 24.3 Å². The minimum atomic E-state index is -0.507. The summed E-state index contributed by atoms with van der Waals surface area (Å²) in [7, 11) is 1.50. The van der Waals surface area contributed by atoms with E-state index in [4.69, 9.17) is 21.4 Å². The number of hydrogen-bond donors (Lipinski definition) is 5. The Morgan fingerprint density at radius 3 is 2.89 bits per heavy atom. The monoisotopic (exact) mass is 406 g/mol. The van der Waals surface area contributed by atoms with Crippen molar-refractivity contribution in [1.82, 2.24) is 5.32 Å². The van der Waals surface area contributed by atoms with Crippen LogP contribution in [0.25, 0.3) is 0 Å². The Hall–Kier alpha value is -2.81. The number of carbonyl (C=O) groups excluding carboxylic acids is 1. The van der Waals surface area contributed by atoms with E-state index in [9.17, 15) is 9.18 Å². The lowest BCUT2D eigenvalue weighted by Gasteiger charge is -2.30. The normalized spacial score (nSPS) is 15.2. The Bertz CT molecular complexity index is 922. The number of aliphatic hydroxyl groups is 1. The number of aliphatic hydroxyl groups excluding tert-OH is 1. The van der Waals surface area contributed by atoms with Gasteiger partial charge >= 0.3 is 0 Å². The lowest BCUT2D eigenvalue weighted by molar-refractivity contribution is -0.113. The van der Waals surface area contributed by atoms with Gasteiger partial charge in [-0.3, -0.25) is 10.1 Å². The largest absolute Gasteiger partial charge is 0.494 e. The molecule has 7 nitrogen and oxygen atoms in total. The summed E-state index contributed by atoms with van der Waals surface area (Å²) < 4.78 is 18.8. The van der Waals surface area contributed by atoms with Crippen LogP contribution in [-0.4, -0.2) is 31.4 Å².